The Morgan fingerprint density at radius 1 is 1.33 bits per heavy atom. The van der Waals surface area contributed by atoms with Gasteiger partial charge >= 0.3 is 6.09 Å². The zero-order valence-corrected chi connectivity index (χ0v) is 12.1. The molecule has 0 aliphatic carbocycles. The number of carbonyl (C=O) groups is 1. The van der Waals surface area contributed by atoms with E-state index in [1.165, 1.54) is 0 Å². The highest BCUT2D eigenvalue weighted by atomic mass is 16.6. The smallest absolute Gasteiger partial charge is 0.410 e. The number of carbonyl (C=O) groups excluding carboxylic acids is 1. The van der Waals surface area contributed by atoms with Gasteiger partial charge in [-0.3, -0.25) is 0 Å². The van der Waals surface area contributed by atoms with Crippen molar-refractivity contribution in [2.24, 2.45) is 5.73 Å². The molecule has 0 aromatic rings. The fourth-order valence-corrected chi connectivity index (χ4v) is 2.04. The number of ether oxygens (including phenoxy) is 1. The molecular formula is C13H26N2O3. The predicted molar refractivity (Wildman–Crippen MR) is 70.3 cm³/mol. The largest absolute Gasteiger partial charge is 0.444 e. The third-order valence-corrected chi connectivity index (χ3v) is 3.32. The van der Waals surface area contributed by atoms with E-state index in [1.54, 1.807) is 18.7 Å². The summed E-state index contributed by atoms with van der Waals surface area (Å²) in [6, 6.07) is 0. The molecule has 3 N–H and O–H groups in total. The number of likely N-dealkylation sites (tertiary alicyclic amines) is 1. The van der Waals surface area contributed by atoms with Gasteiger partial charge in [0, 0.05) is 12.1 Å². The van der Waals surface area contributed by atoms with Crippen LogP contribution in [0.4, 0.5) is 4.79 Å². The van der Waals surface area contributed by atoms with Crippen LogP contribution in [0.5, 0.6) is 0 Å². The molecule has 1 aliphatic heterocycles. The highest BCUT2D eigenvalue weighted by Crippen LogP contribution is 2.30. The lowest BCUT2D eigenvalue weighted by Crippen LogP contribution is -2.64. The van der Waals surface area contributed by atoms with Gasteiger partial charge in [-0.05, 0) is 47.5 Å². The second kappa shape index (κ2) is 4.70. The molecule has 0 saturated carbocycles. The van der Waals surface area contributed by atoms with E-state index in [0.717, 1.165) is 6.42 Å². The first-order valence-electron chi connectivity index (χ1n) is 6.44. The summed E-state index contributed by atoms with van der Waals surface area (Å²) >= 11 is 0. The predicted octanol–water partition coefficient (Wildman–Crippen LogP) is 1.49. The summed E-state index contributed by atoms with van der Waals surface area (Å²) in [5.74, 6) is 0. The van der Waals surface area contributed by atoms with E-state index in [9.17, 15) is 9.90 Å². The van der Waals surface area contributed by atoms with Crippen LogP contribution in [0, 0.1) is 0 Å². The van der Waals surface area contributed by atoms with E-state index in [2.05, 4.69) is 0 Å². The van der Waals surface area contributed by atoms with E-state index < -0.39 is 16.7 Å². The molecule has 1 heterocycles. The molecule has 1 atom stereocenters. The van der Waals surface area contributed by atoms with Crippen molar-refractivity contribution in [2.75, 3.05) is 13.1 Å². The van der Waals surface area contributed by atoms with Crippen molar-refractivity contribution in [3.8, 4) is 0 Å². The van der Waals surface area contributed by atoms with Crippen LogP contribution in [0.15, 0.2) is 0 Å². The topological polar surface area (TPSA) is 75.8 Å². The van der Waals surface area contributed by atoms with Crippen molar-refractivity contribution < 1.29 is 14.6 Å². The lowest BCUT2D eigenvalue weighted by atomic mass is 9.77. The van der Waals surface area contributed by atoms with E-state index in [0.29, 0.717) is 13.0 Å². The first kappa shape index (κ1) is 15.2. The Labute approximate surface area is 109 Å². The van der Waals surface area contributed by atoms with Crippen LogP contribution in [0.1, 0.15) is 47.5 Å². The average molecular weight is 258 g/mol. The van der Waals surface area contributed by atoms with Crippen LogP contribution in [0.3, 0.4) is 0 Å². The number of β-amino-alcohol motifs (C(OH)–C–C–N with tert-alkyl or cyclic N) is 1. The SMILES string of the molecule is CC(C)(C)OC(=O)N1CCCC(O)(C(C)(C)N)C1. The first-order chi connectivity index (χ1) is 7.95. The summed E-state index contributed by atoms with van der Waals surface area (Å²) < 4.78 is 5.32. The summed E-state index contributed by atoms with van der Waals surface area (Å²) in [6.45, 7) is 9.88. The Bertz CT molecular complexity index is 317. The molecule has 1 fully saturated rings. The molecule has 1 amide bonds. The molecule has 1 aliphatic rings. The van der Waals surface area contributed by atoms with Gasteiger partial charge in [-0.25, -0.2) is 4.79 Å². The fraction of sp³-hybridized carbons (Fsp3) is 0.923. The van der Waals surface area contributed by atoms with Gasteiger partial charge < -0.3 is 20.5 Å². The minimum atomic E-state index is -1.05. The van der Waals surface area contributed by atoms with Crippen molar-refractivity contribution in [2.45, 2.75) is 64.2 Å². The third-order valence-electron chi connectivity index (χ3n) is 3.32. The Kier molecular flexibility index (Phi) is 3.98. The van der Waals surface area contributed by atoms with Crippen molar-refractivity contribution in [3.05, 3.63) is 0 Å². The summed E-state index contributed by atoms with van der Waals surface area (Å²) in [7, 11) is 0. The summed E-state index contributed by atoms with van der Waals surface area (Å²) in [6.07, 6.45) is 0.955. The number of hydrogen-bond acceptors (Lipinski definition) is 4. The number of rotatable bonds is 1. The maximum Gasteiger partial charge on any atom is 0.410 e. The monoisotopic (exact) mass is 258 g/mol. The molecule has 5 heteroatoms. The molecule has 1 rings (SSSR count). The molecule has 0 aromatic carbocycles. The Hall–Kier alpha value is -0.810. The summed E-state index contributed by atoms with van der Waals surface area (Å²) in [5.41, 5.74) is 3.69. The minimum absolute atomic E-state index is 0.228. The minimum Gasteiger partial charge on any atom is -0.444 e. The maximum absolute atomic E-state index is 12.0. The standard InChI is InChI=1S/C13H26N2O3/c1-11(2,3)18-10(16)15-8-6-7-13(17,9-15)12(4,5)14/h17H,6-9,14H2,1-5H3. The zero-order chi connectivity index (χ0) is 14.2. The number of nitrogens with zero attached hydrogens (tertiary/aromatic N) is 1. The fourth-order valence-electron chi connectivity index (χ4n) is 2.04. The highest BCUT2D eigenvalue weighted by molar-refractivity contribution is 5.68. The average Bonchev–Trinajstić information content (AvgIpc) is 2.13. The maximum atomic E-state index is 12.0. The molecule has 5 nitrogen and oxygen atoms in total. The second-order valence-corrected chi connectivity index (χ2v) is 6.76. The van der Waals surface area contributed by atoms with Crippen molar-refractivity contribution in [1.29, 1.82) is 0 Å². The summed E-state index contributed by atoms with van der Waals surface area (Å²) in [5, 5.41) is 10.6. The first-order valence-corrected chi connectivity index (χ1v) is 6.44. The molecule has 0 bridgehead atoms. The number of hydrogen-bond donors (Lipinski definition) is 2. The number of piperidine rings is 1. The van der Waals surface area contributed by atoms with Gasteiger partial charge in [0.25, 0.3) is 0 Å². The van der Waals surface area contributed by atoms with Crippen molar-refractivity contribution in [3.63, 3.8) is 0 Å². The van der Waals surface area contributed by atoms with E-state index in [-0.39, 0.29) is 12.6 Å². The molecule has 0 radical (unpaired) electrons. The van der Waals surface area contributed by atoms with Gasteiger partial charge in [-0.15, -0.1) is 0 Å². The Morgan fingerprint density at radius 2 is 1.89 bits per heavy atom. The van der Waals surface area contributed by atoms with Gasteiger partial charge in [0.1, 0.15) is 5.60 Å². The number of aliphatic hydroxyl groups is 1. The van der Waals surface area contributed by atoms with E-state index in [4.69, 9.17) is 10.5 Å². The van der Waals surface area contributed by atoms with Crippen LogP contribution < -0.4 is 5.73 Å². The van der Waals surface area contributed by atoms with E-state index in [1.807, 2.05) is 20.8 Å². The van der Waals surface area contributed by atoms with E-state index >= 15 is 0 Å². The van der Waals surface area contributed by atoms with Crippen molar-refractivity contribution in [1.82, 2.24) is 4.90 Å². The lowest BCUT2D eigenvalue weighted by Gasteiger charge is -2.46. The Balaban J connectivity index is 2.73. The van der Waals surface area contributed by atoms with Crippen molar-refractivity contribution >= 4 is 6.09 Å². The molecule has 0 spiro atoms. The van der Waals surface area contributed by atoms with Gasteiger partial charge in [0.15, 0.2) is 0 Å². The number of nitrogens with two attached hydrogens (primary N) is 1. The lowest BCUT2D eigenvalue weighted by molar-refractivity contribution is -0.0789. The van der Waals surface area contributed by atoms with Gasteiger partial charge in [-0.1, -0.05) is 0 Å². The molecule has 106 valence electrons. The molecule has 0 aromatic heterocycles. The van der Waals surface area contributed by atoms with Crippen LogP contribution in [0.25, 0.3) is 0 Å². The quantitative estimate of drug-likeness (QED) is 0.747. The van der Waals surface area contributed by atoms with Crippen LogP contribution in [-0.4, -0.2) is 45.9 Å². The van der Waals surface area contributed by atoms with Crippen LogP contribution in [0.2, 0.25) is 0 Å². The second-order valence-electron chi connectivity index (χ2n) is 6.76. The number of amides is 1. The molecule has 1 saturated heterocycles. The molecule has 1 unspecified atom stereocenters. The normalized spacial score (nSPS) is 26.1. The van der Waals surface area contributed by atoms with Gasteiger partial charge in [0.05, 0.1) is 12.1 Å². The summed E-state index contributed by atoms with van der Waals surface area (Å²) in [4.78, 5) is 13.5. The Morgan fingerprint density at radius 3 is 2.33 bits per heavy atom. The van der Waals surface area contributed by atoms with Crippen LogP contribution in [-0.2, 0) is 4.74 Å². The van der Waals surface area contributed by atoms with Crippen LogP contribution >= 0.6 is 0 Å². The van der Waals surface area contributed by atoms with Gasteiger partial charge in [0.2, 0.25) is 0 Å². The molecular weight excluding hydrogens is 232 g/mol. The molecule has 18 heavy (non-hydrogen) atoms. The highest BCUT2D eigenvalue weighted by Gasteiger charge is 2.45. The van der Waals surface area contributed by atoms with Gasteiger partial charge in [-0.2, -0.15) is 0 Å². The zero-order valence-electron chi connectivity index (χ0n) is 12.1. The third kappa shape index (κ3) is 3.59.